The molecule has 0 saturated carbocycles. The summed E-state index contributed by atoms with van der Waals surface area (Å²) in [4.78, 5) is 16.7. The average molecular weight is 289 g/mol. The van der Waals surface area contributed by atoms with Gasteiger partial charge in [-0.3, -0.25) is 14.3 Å². The lowest BCUT2D eigenvalue weighted by Crippen LogP contribution is -2.33. The number of carbonyl (C=O) groups is 1. The number of halogens is 1. The van der Waals surface area contributed by atoms with Crippen molar-refractivity contribution in [3.63, 3.8) is 0 Å². The lowest BCUT2D eigenvalue weighted by molar-refractivity contribution is -0.129. The summed E-state index contributed by atoms with van der Waals surface area (Å²) in [6, 6.07) is 7.94. The minimum absolute atomic E-state index is 0.176. The number of benzene rings is 1. The minimum atomic E-state index is -1.03. The normalized spacial score (nSPS) is 13.1. The second-order valence-electron chi connectivity index (χ2n) is 5.98. The molecule has 0 aliphatic rings. The van der Waals surface area contributed by atoms with Gasteiger partial charge in [-0.1, -0.05) is 43.7 Å². The van der Waals surface area contributed by atoms with Crippen molar-refractivity contribution in [3.05, 3.63) is 47.5 Å². The number of hydrogen-bond acceptors (Lipinski definition) is 3. The quantitative estimate of drug-likeness (QED) is 0.889. The number of carbonyl (C=O) groups excluding carboxylic acids is 1. The van der Waals surface area contributed by atoms with Crippen LogP contribution in [0.1, 0.15) is 36.7 Å². The van der Waals surface area contributed by atoms with Crippen LogP contribution in [0.3, 0.4) is 0 Å². The van der Waals surface area contributed by atoms with E-state index in [9.17, 15) is 9.18 Å². The summed E-state index contributed by atoms with van der Waals surface area (Å²) < 4.78 is 13.1. The number of Topliss-reactive ketones (excluding diaryl/α,β-unsaturated/α-hetero) is 1. The zero-order chi connectivity index (χ0) is 15.5. The molecule has 5 heteroatoms. The molecule has 1 aromatic carbocycles. The Balaban J connectivity index is 2.29. The lowest BCUT2D eigenvalue weighted by atomic mass is 9.79. The van der Waals surface area contributed by atoms with E-state index in [-0.39, 0.29) is 5.78 Å². The Hall–Kier alpha value is -2.04. The Bertz CT molecular complexity index is 590. The molecule has 1 unspecified atom stereocenters. The molecule has 0 spiro atoms. The van der Waals surface area contributed by atoms with E-state index in [1.807, 2.05) is 31.2 Å². The van der Waals surface area contributed by atoms with Gasteiger partial charge in [-0.05, 0) is 18.9 Å². The van der Waals surface area contributed by atoms with Gasteiger partial charge in [0.2, 0.25) is 0 Å². The second kappa shape index (κ2) is 6.16. The molecule has 0 bridgehead atoms. The van der Waals surface area contributed by atoms with E-state index in [0.717, 1.165) is 11.1 Å². The zero-order valence-electron chi connectivity index (χ0n) is 12.6. The Labute approximate surface area is 123 Å². The summed E-state index contributed by atoms with van der Waals surface area (Å²) in [7, 11) is 0. The van der Waals surface area contributed by atoms with Crippen molar-refractivity contribution in [1.29, 1.82) is 0 Å². The highest BCUT2D eigenvalue weighted by atomic mass is 19.1. The molecule has 112 valence electrons. The third kappa shape index (κ3) is 3.54. The van der Waals surface area contributed by atoms with E-state index in [2.05, 4.69) is 15.2 Å². The summed E-state index contributed by atoms with van der Waals surface area (Å²) in [5.74, 6) is -0.294. The largest absolute Gasteiger partial charge is 0.298 e. The third-order valence-corrected chi connectivity index (χ3v) is 3.62. The lowest BCUT2D eigenvalue weighted by Gasteiger charge is -2.24. The molecule has 2 rings (SSSR count). The summed E-state index contributed by atoms with van der Waals surface area (Å²) in [5, 5.41) is 6.64. The molecule has 0 radical (unpaired) electrons. The first-order valence-corrected chi connectivity index (χ1v) is 6.95. The van der Waals surface area contributed by atoms with Crippen LogP contribution in [0.15, 0.2) is 30.6 Å². The molecule has 0 amide bonds. The second-order valence-corrected chi connectivity index (χ2v) is 5.98. The Morgan fingerprint density at radius 1 is 1.33 bits per heavy atom. The van der Waals surface area contributed by atoms with Gasteiger partial charge >= 0.3 is 0 Å². The molecule has 4 nitrogen and oxygen atoms in total. The van der Waals surface area contributed by atoms with Crippen molar-refractivity contribution in [1.82, 2.24) is 15.2 Å². The van der Waals surface area contributed by atoms with Crippen LogP contribution in [0.5, 0.6) is 0 Å². The zero-order valence-corrected chi connectivity index (χ0v) is 12.6. The molecule has 0 fully saturated rings. The monoisotopic (exact) mass is 289 g/mol. The molecule has 2 aromatic rings. The van der Waals surface area contributed by atoms with Gasteiger partial charge < -0.3 is 0 Å². The molecule has 1 heterocycles. The van der Waals surface area contributed by atoms with Crippen LogP contribution in [0.2, 0.25) is 0 Å². The highest BCUT2D eigenvalue weighted by molar-refractivity contribution is 5.90. The van der Waals surface area contributed by atoms with Crippen LogP contribution >= 0.6 is 0 Å². The topological polar surface area (TPSA) is 58.6 Å². The molecule has 0 aliphatic carbocycles. The number of nitrogens with one attached hydrogen (secondary N) is 1. The molecule has 21 heavy (non-hydrogen) atoms. The SMILES string of the molecule is Cc1ccc(CC(C(=O)C(C)(C)CF)c2nc[nH]n2)cc1. The first kappa shape index (κ1) is 15.4. The fraction of sp³-hybridized carbons (Fsp3) is 0.438. The predicted molar refractivity (Wildman–Crippen MR) is 78.8 cm³/mol. The van der Waals surface area contributed by atoms with E-state index < -0.39 is 18.0 Å². The van der Waals surface area contributed by atoms with E-state index in [4.69, 9.17) is 0 Å². The van der Waals surface area contributed by atoms with Gasteiger partial charge in [-0.25, -0.2) is 4.98 Å². The molecule has 1 N–H and O–H groups in total. The fourth-order valence-electron chi connectivity index (χ4n) is 2.19. The molecule has 0 saturated heterocycles. The van der Waals surface area contributed by atoms with Gasteiger partial charge in [0, 0.05) is 0 Å². The Morgan fingerprint density at radius 2 is 2.00 bits per heavy atom. The van der Waals surface area contributed by atoms with Crippen molar-refractivity contribution in [2.75, 3.05) is 6.67 Å². The number of hydrogen-bond donors (Lipinski definition) is 1. The summed E-state index contributed by atoms with van der Waals surface area (Å²) in [5.41, 5.74) is 1.14. The van der Waals surface area contributed by atoms with Gasteiger partial charge in [0.25, 0.3) is 0 Å². The van der Waals surface area contributed by atoms with Crippen LogP contribution in [0.4, 0.5) is 4.39 Å². The summed E-state index contributed by atoms with van der Waals surface area (Å²) in [6.07, 6.45) is 1.91. The molecular weight excluding hydrogens is 269 g/mol. The summed E-state index contributed by atoms with van der Waals surface area (Å²) in [6.45, 7) is 4.54. The molecule has 1 aromatic heterocycles. The molecule has 0 aliphatic heterocycles. The highest BCUT2D eigenvalue weighted by Gasteiger charge is 2.36. The highest BCUT2D eigenvalue weighted by Crippen LogP contribution is 2.29. The Morgan fingerprint density at radius 3 is 2.52 bits per heavy atom. The smallest absolute Gasteiger partial charge is 0.161 e. The number of H-pyrrole nitrogens is 1. The van der Waals surface area contributed by atoms with Gasteiger partial charge in [-0.2, -0.15) is 5.10 Å². The van der Waals surface area contributed by atoms with Crippen LogP contribution in [0, 0.1) is 12.3 Å². The fourth-order valence-corrected chi connectivity index (χ4v) is 2.19. The van der Waals surface area contributed by atoms with E-state index in [0.29, 0.717) is 12.2 Å². The standard InChI is InChI=1S/C16H20FN3O/c1-11-4-6-12(7-5-11)8-13(15-18-10-19-20-15)14(21)16(2,3)9-17/h4-7,10,13H,8-9H2,1-3H3,(H,18,19,20). The van der Waals surface area contributed by atoms with E-state index >= 15 is 0 Å². The van der Waals surface area contributed by atoms with Crippen LogP contribution < -0.4 is 0 Å². The van der Waals surface area contributed by atoms with Gasteiger partial charge in [0.05, 0.1) is 11.3 Å². The van der Waals surface area contributed by atoms with Crippen molar-refractivity contribution in [3.8, 4) is 0 Å². The molecular formula is C16H20FN3O. The Kier molecular flexibility index (Phi) is 4.50. The van der Waals surface area contributed by atoms with Gasteiger partial charge in [0.15, 0.2) is 11.6 Å². The van der Waals surface area contributed by atoms with Crippen LogP contribution in [-0.2, 0) is 11.2 Å². The first-order chi connectivity index (χ1) is 9.94. The maximum absolute atomic E-state index is 13.1. The number of rotatable bonds is 6. The predicted octanol–water partition coefficient (Wildman–Crippen LogP) is 3.00. The number of aromatic nitrogens is 3. The first-order valence-electron chi connectivity index (χ1n) is 6.95. The van der Waals surface area contributed by atoms with E-state index in [1.54, 1.807) is 13.8 Å². The van der Waals surface area contributed by atoms with Gasteiger partial charge in [-0.15, -0.1) is 0 Å². The third-order valence-electron chi connectivity index (χ3n) is 3.62. The van der Waals surface area contributed by atoms with Crippen LogP contribution in [-0.4, -0.2) is 27.6 Å². The minimum Gasteiger partial charge on any atom is -0.298 e. The maximum Gasteiger partial charge on any atom is 0.161 e. The van der Waals surface area contributed by atoms with Crippen molar-refractivity contribution >= 4 is 5.78 Å². The number of aryl methyl sites for hydroxylation is 1. The molecule has 1 atom stereocenters. The number of aromatic amines is 1. The van der Waals surface area contributed by atoms with E-state index in [1.165, 1.54) is 6.33 Å². The number of nitrogens with zero attached hydrogens (tertiary/aromatic N) is 2. The number of alkyl halides is 1. The van der Waals surface area contributed by atoms with Crippen molar-refractivity contribution < 1.29 is 9.18 Å². The van der Waals surface area contributed by atoms with Crippen molar-refractivity contribution in [2.45, 2.75) is 33.1 Å². The summed E-state index contributed by atoms with van der Waals surface area (Å²) >= 11 is 0. The van der Waals surface area contributed by atoms with Crippen LogP contribution in [0.25, 0.3) is 0 Å². The number of ketones is 1. The van der Waals surface area contributed by atoms with Gasteiger partial charge in [0.1, 0.15) is 13.0 Å². The maximum atomic E-state index is 13.1. The van der Waals surface area contributed by atoms with Crippen molar-refractivity contribution in [2.24, 2.45) is 5.41 Å². The average Bonchev–Trinajstić information content (AvgIpc) is 3.00.